The second kappa shape index (κ2) is 2.96. The van der Waals surface area contributed by atoms with Crippen LogP contribution < -0.4 is 5.43 Å². The molecule has 2 aromatic rings. The van der Waals surface area contributed by atoms with E-state index in [-0.39, 0.29) is 5.43 Å². The molecule has 1 heterocycles. The summed E-state index contributed by atoms with van der Waals surface area (Å²) >= 11 is 3.38. The van der Waals surface area contributed by atoms with Gasteiger partial charge in [-0.2, -0.15) is 5.10 Å². The SMILES string of the molecule is Cc1cc2[nH]ncc(=O)c2cc1Br. The van der Waals surface area contributed by atoms with Gasteiger partial charge >= 0.3 is 0 Å². The first-order valence-corrected chi connectivity index (χ1v) is 4.61. The lowest BCUT2D eigenvalue weighted by Crippen LogP contribution is -2.03. The summed E-state index contributed by atoms with van der Waals surface area (Å²) in [5.74, 6) is 0. The van der Waals surface area contributed by atoms with Crippen LogP contribution >= 0.6 is 15.9 Å². The molecular weight excluding hydrogens is 232 g/mol. The van der Waals surface area contributed by atoms with Gasteiger partial charge in [0.05, 0.1) is 11.7 Å². The Morgan fingerprint density at radius 3 is 3.00 bits per heavy atom. The molecule has 0 bridgehead atoms. The lowest BCUT2D eigenvalue weighted by Gasteiger charge is -2.00. The van der Waals surface area contributed by atoms with Crippen LogP contribution in [0.25, 0.3) is 10.9 Å². The van der Waals surface area contributed by atoms with Crippen molar-refractivity contribution in [3.63, 3.8) is 0 Å². The maximum atomic E-state index is 11.3. The Hall–Kier alpha value is -1.16. The fraction of sp³-hybridized carbons (Fsp3) is 0.111. The summed E-state index contributed by atoms with van der Waals surface area (Å²) in [5.41, 5.74) is 1.79. The molecule has 0 saturated carbocycles. The first-order valence-electron chi connectivity index (χ1n) is 3.82. The van der Waals surface area contributed by atoms with E-state index in [4.69, 9.17) is 0 Å². The first kappa shape index (κ1) is 8.44. The number of rotatable bonds is 0. The molecule has 0 saturated heterocycles. The monoisotopic (exact) mass is 238 g/mol. The van der Waals surface area contributed by atoms with E-state index in [1.807, 2.05) is 19.1 Å². The van der Waals surface area contributed by atoms with E-state index in [1.54, 1.807) is 0 Å². The number of aromatic nitrogens is 2. The van der Waals surface area contributed by atoms with Gasteiger partial charge in [-0.1, -0.05) is 15.9 Å². The van der Waals surface area contributed by atoms with Gasteiger partial charge in [0.1, 0.15) is 0 Å². The number of halogens is 1. The second-order valence-corrected chi connectivity index (χ2v) is 3.74. The minimum atomic E-state index is -0.0607. The number of nitrogens with zero attached hydrogens (tertiary/aromatic N) is 1. The van der Waals surface area contributed by atoms with E-state index in [0.717, 1.165) is 15.6 Å². The Morgan fingerprint density at radius 2 is 2.23 bits per heavy atom. The van der Waals surface area contributed by atoms with Crippen LogP contribution in [0.5, 0.6) is 0 Å². The van der Waals surface area contributed by atoms with Gasteiger partial charge in [-0.3, -0.25) is 9.89 Å². The molecule has 2 rings (SSSR count). The standard InChI is InChI=1S/C9H7BrN2O/c1-5-2-8-6(3-7(5)10)9(13)4-11-12-8/h2-4H,1H3,(H,12,13). The van der Waals surface area contributed by atoms with Gasteiger partial charge in [0.2, 0.25) is 5.43 Å². The maximum absolute atomic E-state index is 11.3. The number of hydrogen-bond donors (Lipinski definition) is 1. The predicted molar refractivity (Wildman–Crippen MR) is 54.8 cm³/mol. The number of benzene rings is 1. The fourth-order valence-electron chi connectivity index (χ4n) is 1.21. The highest BCUT2D eigenvalue weighted by Crippen LogP contribution is 2.19. The lowest BCUT2D eigenvalue weighted by atomic mass is 10.2. The Bertz CT molecular complexity index is 518. The van der Waals surface area contributed by atoms with Gasteiger partial charge in [0.25, 0.3) is 0 Å². The van der Waals surface area contributed by atoms with Crippen molar-refractivity contribution in [3.05, 3.63) is 38.6 Å². The molecule has 0 aliphatic rings. The smallest absolute Gasteiger partial charge is 0.207 e. The largest absolute Gasteiger partial charge is 0.287 e. The van der Waals surface area contributed by atoms with Gasteiger partial charge < -0.3 is 0 Å². The lowest BCUT2D eigenvalue weighted by molar-refractivity contribution is 1.06. The van der Waals surface area contributed by atoms with E-state index in [0.29, 0.717) is 5.39 Å². The summed E-state index contributed by atoms with van der Waals surface area (Å²) in [4.78, 5) is 11.3. The van der Waals surface area contributed by atoms with Crippen molar-refractivity contribution in [2.24, 2.45) is 0 Å². The van der Waals surface area contributed by atoms with E-state index in [2.05, 4.69) is 26.1 Å². The zero-order valence-corrected chi connectivity index (χ0v) is 8.55. The van der Waals surface area contributed by atoms with Crippen molar-refractivity contribution >= 4 is 26.8 Å². The summed E-state index contributed by atoms with van der Waals surface area (Å²) in [6.45, 7) is 1.97. The van der Waals surface area contributed by atoms with Crippen LogP contribution in [0.2, 0.25) is 0 Å². The van der Waals surface area contributed by atoms with Gasteiger partial charge in [-0.25, -0.2) is 0 Å². The van der Waals surface area contributed by atoms with Crippen molar-refractivity contribution in [3.8, 4) is 0 Å². The van der Waals surface area contributed by atoms with Crippen molar-refractivity contribution in [1.82, 2.24) is 10.2 Å². The molecule has 0 unspecified atom stereocenters. The summed E-state index contributed by atoms with van der Waals surface area (Å²) in [6, 6.07) is 3.71. The van der Waals surface area contributed by atoms with E-state index < -0.39 is 0 Å². The van der Waals surface area contributed by atoms with E-state index >= 15 is 0 Å². The normalized spacial score (nSPS) is 10.6. The number of H-pyrrole nitrogens is 1. The summed E-state index contributed by atoms with van der Waals surface area (Å²) in [7, 11) is 0. The molecule has 66 valence electrons. The Balaban J connectivity index is 2.97. The number of aryl methyl sites for hydroxylation is 1. The average molecular weight is 239 g/mol. The minimum absolute atomic E-state index is 0.0607. The van der Waals surface area contributed by atoms with E-state index in [1.165, 1.54) is 6.20 Å². The average Bonchev–Trinajstić information content (AvgIpc) is 2.09. The predicted octanol–water partition coefficient (Wildman–Crippen LogP) is 1.99. The topological polar surface area (TPSA) is 45.8 Å². The van der Waals surface area contributed by atoms with Crippen LogP contribution in [-0.2, 0) is 0 Å². The van der Waals surface area contributed by atoms with Crippen molar-refractivity contribution in [2.45, 2.75) is 6.92 Å². The summed E-state index contributed by atoms with van der Waals surface area (Å²) in [5, 5.41) is 7.18. The van der Waals surface area contributed by atoms with Crippen LogP contribution in [-0.4, -0.2) is 10.2 Å². The quantitative estimate of drug-likeness (QED) is 0.764. The zero-order valence-electron chi connectivity index (χ0n) is 6.97. The van der Waals surface area contributed by atoms with Crippen LogP contribution in [0, 0.1) is 6.92 Å². The summed E-state index contributed by atoms with van der Waals surface area (Å²) in [6.07, 6.45) is 1.28. The highest BCUT2D eigenvalue weighted by molar-refractivity contribution is 9.10. The molecular formula is C9H7BrN2O. The highest BCUT2D eigenvalue weighted by atomic mass is 79.9. The Morgan fingerprint density at radius 1 is 1.46 bits per heavy atom. The van der Waals surface area contributed by atoms with Crippen LogP contribution in [0.3, 0.4) is 0 Å². The maximum Gasteiger partial charge on any atom is 0.207 e. The van der Waals surface area contributed by atoms with Gasteiger partial charge in [0, 0.05) is 9.86 Å². The third-order valence-corrected chi connectivity index (χ3v) is 2.79. The van der Waals surface area contributed by atoms with Crippen molar-refractivity contribution in [1.29, 1.82) is 0 Å². The Kier molecular flexibility index (Phi) is 1.92. The van der Waals surface area contributed by atoms with E-state index in [9.17, 15) is 4.79 Å². The number of aromatic amines is 1. The molecule has 1 aromatic carbocycles. The summed E-state index contributed by atoms with van der Waals surface area (Å²) < 4.78 is 0.941. The molecule has 0 aliphatic heterocycles. The van der Waals surface area contributed by atoms with Gasteiger partial charge in [-0.15, -0.1) is 0 Å². The van der Waals surface area contributed by atoms with Crippen molar-refractivity contribution < 1.29 is 0 Å². The molecule has 0 aliphatic carbocycles. The van der Waals surface area contributed by atoms with Gasteiger partial charge in [-0.05, 0) is 24.6 Å². The third-order valence-electron chi connectivity index (χ3n) is 1.93. The number of fused-ring (bicyclic) bond motifs is 1. The molecule has 0 spiro atoms. The Labute approximate surface area is 82.9 Å². The highest BCUT2D eigenvalue weighted by Gasteiger charge is 2.01. The molecule has 13 heavy (non-hydrogen) atoms. The number of hydrogen-bond acceptors (Lipinski definition) is 2. The van der Waals surface area contributed by atoms with Gasteiger partial charge in [0.15, 0.2) is 0 Å². The second-order valence-electron chi connectivity index (χ2n) is 2.88. The van der Waals surface area contributed by atoms with Crippen LogP contribution in [0.4, 0.5) is 0 Å². The first-order chi connectivity index (χ1) is 6.18. The van der Waals surface area contributed by atoms with Crippen LogP contribution in [0.1, 0.15) is 5.56 Å². The van der Waals surface area contributed by atoms with Crippen LogP contribution in [0.15, 0.2) is 27.6 Å². The molecule has 1 aromatic heterocycles. The zero-order chi connectivity index (χ0) is 9.42. The molecule has 0 radical (unpaired) electrons. The fourth-order valence-corrected chi connectivity index (χ4v) is 1.55. The van der Waals surface area contributed by atoms with Crippen molar-refractivity contribution in [2.75, 3.05) is 0 Å². The minimum Gasteiger partial charge on any atom is -0.287 e. The third kappa shape index (κ3) is 1.37. The number of nitrogens with one attached hydrogen (secondary N) is 1. The molecule has 0 fully saturated rings. The molecule has 3 nitrogen and oxygen atoms in total. The molecule has 4 heteroatoms. The molecule has 0 atom stereocenters. The molecule has 0 amide bonds. The molecule has 1 N–H and O–H groups in total.